The van der Waals surface area contributed by atoms with Crippen LogP contribution in [0, 0.1) is 0 Å². The standard InChI is InChI=1S/C23H33N5O2S/c1-19(20-9-5-4-6-10-20)17-25-23(24-2)26-18-21-11-7-8-12-22(21)31(29,30)28-15-13-27(3)14-16-28/h4-12,19H,13-18H2,1-3H3,(H2,24,25,26). The van der Waals surface area contributed by atoms with Crippen molar-refractivity contribution in [2.75, 3.05) is 46.8 Å². The molecule has 2 aromatic carbocycles. The second-order valence-corrected chi connectivity index (χ2v) is 9.84. The minimum Gasteiger partial charge on any atom is -0.356 e. The van der Waals surface area contributed by atoms with Crippen LogP contribution >= 0.6 is 0 Å². The van der Waals surface area contributed by atoms with Gasteiger partial charge in [-0.2, -0.15) is 4.31 Å². The van der Waals surface area contributed by atoms with Crippen molar-refractivity contribution in [3.63, 3.8) is 0 Å². The van der Waals surface area contributed by atoms with E-state index in [1.54, 1.807) is 23.5 Å². The highest BCUT2D eigenvalue weighted by molar-refractivity contribution is 7.89. The van der Waals surface area contributed by atoms with E-state index in [1.807, 2.05) is 37.4 Å². The number of hydrogen-bond donors (Lipinski definition) is 2. The van der Waals surface area contributed by atoms with E-state index in [9.17, 15) is 8.42 Å². The zero-order chi connectivity index (χ0) is 22.3. The third-order valence-corrected chi connectivity index (χ3v) is 7.67. The van der Waals surface area contributed by atoms with Gasteiger partial charge in [-0.25, -0.2) is 8.42 Å². The van der Waals surface area contributed by atoms with Gasteiger partial charge in [0.2, 0.25) is 10.0 Å². The monoisotopic (exact) mass is 443 g/mol. The lowest BCUT2D eigenvalue weighted by Crippen LogP contribution is -2.47. The Balaban J connectivity index is 1.63. The molecule has 31 heavy (non-hydrogen) atoms. The second-order valence-electron chi connectivity index (χ2n) is 7.93. The number of nitrogens with one attached hydrogen (secondary N) is 2. The Morgan fingerprint density at radius 1 is 1.00 bits per heavy atom. The fourth-order valence-corrected chi connectivity index (χ4v) is 5.26. The van der Waals surface area contributed by atoms with Gasteiger partial charge in [0.15, 0.2) is 5.96 Å². The Labute approximate surface area is 186 Å². The lowest BCUT2D eigenvalue weighted by Gasteiger charge is -2.32. The molecule has 1 fully saturated rings. The van der Waals surface area contributed by atoms with Crippen molar-refractivity contribution in [2.24, 2.45) is 4.99 Å². The fraction of sp³-hybridized carbons (Fsp3) is 0.435. The minimum absolute atomic E-state index is 0.324. The van der Waals surface area contributed by atoms with Gasteiger partial charge in [-0.3, -0.25) is 4.99 Å². The molecule has 0 bridgehead atoms. The molecule has 1 unspecified atom stereocenters. The summed E-state index contributed by atoms with van der Waals surface area (Å²) in [6, 6.07) is 17.5. The van der Waals surface area contributed by atoms with E-state index in [0.29, 0.717) is 36.4 Å². The number of piperazine rings is 1. The number of nitrogens with zero attached hydrogens (tertiary/aromatic N) is 3. The molecule has 168 valence electrons. The molecule has 0 saturated carbocycles. The summed E-state index contributed by atoms with van der Waals surface area (Å²) in [6.07, 6.45) is 0. The highest BCUT2D eigenvalue weighted by atomic mass is 32.2. The number of rotatable bonds is 7. The molecule has 1 atom stereocenters. The molecule has 0 spiro atoms. The Bertz CT molecular complexity index is 970. The molecule has 8 heteroatoms. The van der Waals surface area contributed by atoms with Crippen molar-refractivity contribution >= 4 is 16.0 Å². The van der Waals surface area contributed by atoms with Gasteiger partial charge < -0.3 is 15.5 Å². The third-order valence-electron chi connectivity index (χ3n) is 5.67. The Morgan fingerprint density at radius 2 is 1.65 bits per heavy atom. The molecule has 1 aliphatic heterocycles. The van der Waals surface area contributed by atoms with Crippen LogP contribution in [0.4, 0.5) is 0 Å². The number of sulfonamides is 1. The Hall–Kier alpha value is -2.42. The summed E-state index contributed by atoms with van der Waals surface area (Å²) in [4.78, 5) is 6.79. The average Bonchev–Trinajstić information content (AvgIpc) is 2.80. The summed E-state index contributed by atoms with van der Waals surface area (Å²) in [5.41, 5.74) is 1.99. The van der Waals surface area contributed by atoms with E-state index in [-0.39, 0.29) is 0 Å². The van der Waals surface area contributed by atoms with Crippen LogP contribution in [0.5, 0.6) is 0 Å². The first-order valence-electron chi connectivity index (χ1n) is 10.7. The molecule has 2 N–H and O–H groups in total. The number of hydrogen-bond acceptors (Lipinski definition) is 4. The van der Waals surface area contributed by atoms with Gasteiger partial charge in [0.1, 0.15) is 0 Å². The fourth-order valence-electron chi connectivity index (χ4n) is 3.62. The summed E-state index contributed by atoms with van der Waals surface area (Å²) >= 11 is 0. The molecule has 0 amide bonds. The quantitative estimate of drug-likeness (QED) is 0.506. The van der Waals surface area contributed by atoms with Crippen LogP contribution in [0.3, 0.4) is 0 Å². The Kier molecular flexibility index (Phi) is 8.06. The first-order valence-corrected chi connectivity index (χ1v) is 12.1. The highest BCUT2D eigenvalue weighted by Crippen LogP contribution is 2.21. The highest BCUT2D eigenvalue weighted by Gasteiger charge is 2.29. The predicted molar refractivity (Wildman–Crippen MR) is 126 cm³/mol. The van der Waals surface area contributed by atoms with Crippen molar-refractivity contribution < 1.29 is 8.42 Å². The number of aliphatic imine (C=N–C) groups is 1. The number of guanidine groups is 1. The van der Waals surface area contributed by atoms with E-state index in [1.165, 1.54) is 5.56 Å². The van der Waals surface area contributed by atoms with Crippen molar-refractivity contribution in [3.05, 3.63) is 65.7 Å². The minimum atomic E-state index is -3.53. The normalized spacial score (nSPS) is 17.3. The summed E-state index contributed by atoms with van der Waals surface area (Å²) < 4.78 is 28.1. The topological polar surface area (TPSA) is 77.0 Å². The maximum absolute atomic E-state index is 13.2. The molecular weight excluding hydrogens is 410 g/mol. The number of likely N-dealkylation sites (N-methyl/N-ethyl adjacent to an activating group) is 1. The summed E-state index contributed by atoms with van der Waals surface area (Å²) in [6.45, 7) is 5.79. The number of benzene rings is 2. The van der Waals surface area contributed by atoms with Crippen LogP contribution in [0.2, 0.25) is 0 Å². The average molecular weight is 444 g/mol. The van der Waals surface area contributed by atoms with Gasteiger partial charge in [0.05, 0.1) is 4.90 Å². The first-order chi connectivity index (χ1) is 14.9. The van der Waals surface area contributed by atoms with Crippen molar-refractivity contribution in [2.45, 2.75) is 24.3 Å². The van der Waals surface area contributed by atoms with Gasteiger partial charge in [-0.1, -0.05) is 55.5 Å². The van der Waals surface area contributed by atoms with Gasteiger partial charge in [-0.15, -0.1) is 0 Å². The molecular formula is C23H33N5O2S. The van der Waals surface area contributed by atoms with Gasteiger partial charge in [-0.05, 0) is 30.2 Å². The van der Waals surface area contributed by atoms with E-state index in [2.05, 4.69) is 39.6 Å². The summed E-state index contributed by atoms with van der Waals surface area (Å²) in [5, 5.41) is 6.60. The molecule has 1 aliphatic rings. The van der Waals surface area contributed by atoms with E-state index in [0.717, 1.165) is 25.2 Å². The maximum atomic E-state index is 13.2. The molecule has 2 aromatic rings. The Morgan fingerprint density at radius 3 is 2.32 bits per heavy atom. The van der Waals surface area contributed by atoms with Gasteiger partial charge in [0.25, 0.3) is 0 Å². The zero-order valence-corrected chi connectivity index (χ0v) is 19.4. The first kappa shape index (κ1) is 23.2. The van der Waals surface area contributed by atoms with Crippen molar-refractivity contribution in [3.8, 4) is 0 Å². The van der Waals surface area contributed by atoms with Crippen LogP contribution in [0.1, 0.15) is 24.0 Å². The summed E-state index contributed by atoms with van der Waals surface area (Å²) in [5.74, 6) is 0.972. The van der Waals surface area contributed by atoms with E-state index in [4.69, 9.17) is 0 Å². The predicted octanol–water partition coefficient (Wildman–Crippen LogP) is 2.09. The van der Waals surface area contributed by atoms with E-state index < -0.39 is 10.0 Å². The van der Waals surface area contributed by atoms with Crippen LogP contribution in [-0.4, -0.2) is 70.4 Å². The molecule has 3 rings (SSSR count). The second kappa shape index (κ2) is 10.7. The van der Waals surface area contributed by atoms with Crippen molar-refractivity contribution in [1.82, 2.24) is 19.8 Å². The van der Waals surface area contributed by atoms with Crippen LogP contribution in [0.15, 0.2) is 64.5 Å². The SMILES string of the molecule is CN=C(NCc1ccccc1S(=O)(=O)N1CCN(C)CC1)NCC(C)c1ccccc1. The largest absolute Gasteiger partial charge is 0.356 e. The van der Waals surface area contributed by atoms with Crippen LogP contribution in [-0.2, 0) is 16.6 Å². The lowest BCUT2D eigenvalue weighted by atomic mass is 10.0. The lowest BCUT2D eigenvalue weighted by molar-refractivity contribution is 0.222. The van der Waals surface area contributed by atoms with Gasteiger partial charge >= 0.3 is 0 Å². The van der Waals surface area contributed by atoms with Crippen LogP contribution < -0.4 is 10.6 Å². The molecule has 0 radical (unpaired) electrons. The third kappa shape index (κ3) is 6.06. The maximum Gasteiger partial charge on any atom is 0.243 e. The smallest absolute Gasteiger partial charge is 0.243 e. The van der Waals surface area contributed by atoms with Crippen LogP contribution in [0.25, 0.3) is 0 Å². The van der Waals surface area contributed by atoms with E-state index >= 15 is 0 Å². The molecule has 1 saturated heterocycles. The summed E-state index contributed by atoms with van der Waals surface area (Å²) in [7, 11) is 0.205. The zero-order valence-electron chi connectivity index (χ0n) is 18.6. The molecule has 0 aromatic heterocycles. The molecule has 7 nitrogen and oxygen atoms in total. The van der Waals surface area contributed by atoms with Gasteiger partial charge in [0, 0.05) is 46.3 Å². The molecule has 0 aliphatic carbocycles. The molecule has 1 heterocycles. The van der Waals surface area contributed by atoms with Crippen molar-refractivity contribution in [1.29, 1.82) is 0 Å².